The van der Waals surface area contributed by atoms with Crippen LogP contribution in [0.15, 0.2) is 54.6 Å². The molecular formula is C23H27N3O2. The van der Waals surface area contributed by atoms with Crippen molar-refractivity contribution >= 4 is 11.8 Å². The van der Waals surface area contributed by atoms with Gasteiger partial charge in [-0.15, -0.1) is 0 Å². The predicted octanol–water partition coefficient (Wildman–Crippen LogP) is 2.86. The molecule has 5 nitrogen and oxygen atoms in total. The van der Waals surface area contributed by atoms with Crippen LogP contribution in [-0.4, -0.2) is 35.3 Å². The molecule has 146 valence electrons. The third-order valence-corrected chi connectivity index (χ3v) is 5.49. The first kappa shape index (κ1) is 18.7. The minimum Gasteiger partial charge on any atom is -0.351 e. The van der Waals surface area contributed by atoms with Crippen LogP contribution < -0.4 is 10.6 Å². The van der Waals surface area contributed by atoms with Crippen molar-refractivity contribution in [2.45, 2.75) is 50.9 Å². The van der Waals surface area contributed by atoms with Crippen molar-refractivity contribution in [3.63, 3.8) is 0 Å². The first-order valence-corrected chi connectivity index (χ1v) is 10.1. The Morgan fingerprint density at radius 3 is 2.39 bits per heavy atom. The minimum absolute atomic E-state index is 0.0133. The van der Waals surface area contributed by atoms with E-state index in [1.54, 1.807) is 0 Å². The van der Waals surface area contributed by atoms with Crippen LogP contribution in [0.1, 0.15) is 47.2 Å². The fraction of sp³-hybridized carbons (Fsp3) is 0.391. The zero-order valence-corrected chi connectivity index (χ0v) is 16.1. The molecule has 0 spiro atoms. The zero-order chi connectivity index (χ0) is 19.3. The molecule has 1 aliphatic heterocycles. The standard InChI is InChI=1S/C23H27N3O2/c27-22(25-20-12-13-20)19-10-8-17(9-11-19)15-24-23(28)21-7-4-14-26(21)16-18-5-2-1-3-6-18/h1-3,5-6,8-11,20-21H,4,7,12-16H2,(H,24,28)(H,25,27)/t21-/m1/s1. The maximum Gasteiger partial charge on any atom is 0.251 e. The van der Waals surface area contributed by atoms with Gasteiger partial charge in [-0.1, -0.05) is 42.5 Å². The van der Waals surface area contributed by atoms with Crippen molar-refractivity contribution < 1.29 is 9.59 Å². The Morgan fingerprint density at radius 2 is 1.68 bits per heavy atom. The molecule has 0 bridgehead atoms. The van der Waals surface area contributed by atoms with Crippen LogP contribution in [-0.2, 0) is 17.9 Å². The van der Waals surface area contributed by atoms with Gasteiger partial charge < -0.3 is 10.6 Å². The highest BCUT2D eigenvalue weighted by atomic mass is 16.2. The first-order valence-electron chi connectivity index (χ1n) is 10.1. The molecule has 0 radical (unpaired) electrons. The van der Waals surface area contributed by atoms with Crippen LogP contribution in [0.4, 0.5) is 0 Å². The molecule has 2 aliphatic rings. The molecule has 4 rings (SSSR count). The van der Waals surface area contributed by atoms with Crippen molar-refractivity contribution in [2.24, 2.45) is 0 Å². The van der Waals surface area contributed by atoms with E-state index in [0.717, 1.165) is 44.3 Å². The van der Waals surface area contributed by atoms with Crippen LogP contribution in [0.5, 0.6) is 0 Å². The Labute approximate surface area is 166 Å². The highest BCUT2D eigenvalue weighted by Crippen LogP contribution is 2.21. The fourth-order valence-corrected chi connectivity index (χ4v) is 3.71. The van der Waals surface area contributed by atoms with Gasteiger partial charge in [0, 0.05) is 24.7 Å². The summed E-state index contributed by atoms with van der Waals surface area (Å²) in [6, 6.07) is 18.1. The van der Waals surface area contributed by atoms with Crippen molar-refractivity contribution in [1.82, 2.24) is 15.5 Å². The SMILES string of the molecule is O=C(NC1CC1)c1ccc(CNC(=O)[C@H]2CCCN2Cc2ccccc2)cc1. The number of amides is 2. The van der Waals surface area contributed by atoms with Crippen molar-refractivity contribution in [3.05, 3.63) is 71.3 Å². The lowest BCUT2D eigenvalue weighted by molar-refractivity contribution is -0.125. The van der Waals surface area contributed by atoms with Gasteiger partial charge in [0.1, 0.15) is 0 Å². The summed E-state index contributed by atoms with van der Waals surface area (Å²) in [5.41, 5.74) is 2.91. The molecule has 2 N–H and O–H groups in total. The normalized spacial score (nSPS) is 19.4. The molecule has 1 aliphatic carbocycles. The molecule has 2 amide bonds. The minimum atomic E-state index is -0.0659. The van der Waals surface area contributed by atoms with Gasteiger partial charge >= 0.3 is 0 Å². The summed E-state index contributed by atoms with van der Waals surface area (Å²) in [4.78, 5) is 27.0. The summed E-state index contributed by atoms with van der Waals surface area (Å²) in [5, 5.41) is 6.05. The highest BCUT2D eigenvalue weighted by Gasteiger charge is 2.30. The van der Waals surface area contributed by atoms with Gasteiger partial charge in [-0.05, 0) is 55.5 Å². The monoisotopic (exact) mass is 377 g/mol. The van der Waals surface area contributed by atoms with E-state index in [2.05, 4.69) is 27.7 Å². The van der Waals surface area contributed by atoms with Crippen LogP contribution in [0.2, 0.25) is 0 Å². The number of rotatable bonds is 7. The molecule has 2 fully saturated rings. The van der Waals surface area contributed by atoms with Gasteiger partial charge in [-0.25, -0.2) is 0 Å². The number of nitrogens with one attached hydrogen (secondary N) is 2. The van der Waals surface area contributed by atoms with E-state index in [1.807, 2.05) is 42.5 Å². The third-order valence-electron chi connectivity index (χ3n) is 5.49. The molecule has 5 heteroatoms. The predicted molar refractivity (Wildman–Crippen MR) is 109 cm³/mol. The Kier molecular flexibility index (Phi) is 5.72. The van der Waals surface area contributed by atoms with Crippen molar-refractivity contribution in [1.29, 1.82) is 0 Å². The Morgan fingerprint density at radius 1 is 0.929 bits per heavy atom. The molecule has 1 saturated carbocycles. The van der Waals surface area contributed by atoms with Gasteiger partial charge in [-0.3, -0.25) is 14.5 Å². The van der Waals surface area contributed by atoms with E-state index < -0.39 is 0 Å². The van der Waals surface area contributed by atoms with E-state index in [4.69, 9.17) is 0 Å². The number of benzene rings is 2. The summed E-state index contributed by atoms with van der Waals surface area (Å²) < 4.78 is 0. The van der Waals surface area contributed by atoms with Crippen LogP contribution in [0.3, 0.4) is 0 Å². The first-order chi connectivity index (χ1) is 13.7. The van der Waals surface area contributed by atoms with Crippen LogP contribution in [0.25, 0.3) is 0 Å². The van der Waals surface area contributed by atoms with Crippen LogP contribution >= 0.6 is 0 Å². The third kappa shape index (κ3) is 4.78. The molecule has 2 aromatic carbocycles. The Bertz CT molecular complexity index is 816. The highest BCUT2D eigenvalue weighted by molar-refractivity contribution is 5.94. The number of carbonyl (C=O) groups excluding carboxylic acids is 2. The van der Waals surface area contributed by atoms with E-state index in [1.165, 1.54) is 5.56 Å². The van der Waals surface area contributed by atoms with Gasteiger partial charge in [0.05, 0.1) is 6.04 Å². The van der Waals surface area contributed by atoms with Gasteiger partial charge in [0.2, 0.25) is 5.91 Å². The molecule has 0 unspecified atom stereocenters. The zero-order valence-electron chi connectivity index (χ0n) is 16.1. The van der Waals surface area contributed by atoms with E-state index in [9.17, 15) is 9.59 Å². The number of nitrogens with zero attached hydrogens (tertiary/aromatic N) is 1. The molecular weight excluding hydrogens is 350 g/mol. The number of likely N-dealkylation sites (tertiary alicyclic amines) is 1. The fourth-order valence-electron chi connectivity index (χ4n) is 3.71. The molecule has 0 aromatic heterocycles. The number of hydrogen-bond donors (Lipinski definition) is 2. The maximum atomic E-state index is 12.7. The molecule has 2 aromatic rings. The summed E-state index contributed by atoms with van der Waals surface area (Å²) in [7, 11) is 0. The lowest BCUT2D eigenvalue weighted by Gasteiger charge is -2.23. The van der Waals surface area contributed by atoms with E-state index in [0.29, 0.717) is 18.2 Å². The quantitative estimate of drug-likeness (QED) is 0.780. The number of carbonyl (C=O) groups is 2. The van der Waals surface area contributed by atoms with Gasteiger partial charge in [0.25, 0.3) is 5.91 Å². The second-order valence-corrected chi connectivity index (χ2v) is 7.78. The average Bonchev–Trinajstić information content (AvgIpc) is 3.42. The second kappa shape index (κ2) is 8.57. The Hall–Kier alpha value is -2.66. The molecule has 1 saturated heterocycles. The molecule has 1 heterocycles. The maximum absolute atomic E-state index is 12.7. The lowest BCUT2D eigenvalue weighted by Crippen LogP contribution is -2.42. The molecule has 28 heavy (non-hydrogen) atoms. The average molecular weight is 377 g/mol. The number of hydrogen-bond acceptors (Lipinski definition) is 3. The summed E-state index contributed by atoms with van der Waals surface area (Å²) in [5.74, 6) is 0.0737. The van der Waals surface area contributed by atoms with Crippen LogP contribution in [0, 0.1) is 0 Å². The lowest BCUT2D eigenvalue weighted by atomic mass is 10.1. The van der Waals surface area contributed by atoms with Gasteiger partial charge in [0.15, 0.2) is 0 Å². The largest absolute Gasteiger partial charge is 0.351 e. The van der Waals surface area contributed by atoms with Crippen molar-refractivity contribution in [3.8, 4) is 0 Å². The van der Waals surface area contributed by atoms with Crippen molar-refractivity contribution in [2.75, 3.05) is 6.54 Å². The Balaban J connectivity index is 1.29. The second-order valence-electron chi connectivity index (χ2n) is 7.78. The van der Waals surface area contributed by atoms with E-state index in [-0.39, 0.29) is 17.9 Å². The summed E-state index contributed by atoms with van der Waals surface area (Å²) >= 11 is 0. The summed E-state index contributed by atoms with van der Waals surface area (Å²) in [6.07, 6.45) is 4.12. The van der Waals surface area contributed by atoms with E-state index >= 15 is 0 Å². The summed E-state index contributed by atoms with van der Waals surface area (Å²) in [6.45, 7) is 2.25. The van der Waals surface area contributed by atoms with Gasteiger partial charge in [-0.2, -0.15) is 0 Å². The topological polar surface area (TPSA) is 61.4 Å². The smallest absolute Gasteiger partial charge is 0.251 e. The molecule has 1 atom stereocenters.